The zero-order valence-electron chi connectivity index (χ0n) is 12.2. The van der Waals surface area contributed by atoms with Crippen molar-refractivity contribution in [2.45, 2.75) is 31.9 Å². The summed E-state index contributed by atoms with van der Waals surface area (Å²) in [4.78, 5) is 16.2. The molecule has 1 aromatic rings. The van der Waals surface area contributed by atoms with Crippen LogP contribution in [0, 0.1) is 5.82 Å². The summed E-state index contributed by atoms with van der Waals surface area (Å²) in [5.74, 6) is -0.363. The first-order valence-corrected chi connectivity index (χ1v) is 6.56. The molecule has 112 valence electrons. The summed E-state index contributed by atoms with van der Waals surface area (Å²) < 4.78 is 18.2. The summed E-state index contributed by atoms with van der Waals surface area (Å²) in [6, 6.07) is 5.74. The molecule has 1 amide bonds. The number of rotatable bonds is 2. The van der Waals surface area contributed by atoms with Crippen LogP contribution in [0.25, 0.3) is 10.4 Å². The van der Waals surface area contributed by atoms with Crippen LogP contribution in [0.1, 0.15) is 26.3 Å². The first kappa shape index (κ1) is 15.1. The fourth-order valence-electron chi connectivity index (χ4n) is 2.19. The van der Waals surface area contributed by atoms with E-state index < -0.39 is 17.2 Å². The van der Waals surface area contributed by atoms with Crippen molar-refractivity contribution in [3.8, 4) is 0 Å². The maximum atomic E-state index is 13.0. The monoisotopic (exact) mass is 292 g/mol. The quantitative estimate of drug-likeness (QED) is 0.474. The highest BCUT2D eigenvalue weighted by Gasteiger charge is 2.47. The topological polar surface area (TPSA) is 78.3 Å². The molecule has 0 unspecified atom stereocenters. The van der Waals surface area contributed by atoms with Crippen LogP contribution in [0.3, 0.4) is 0 Å². The van der Waals surface area contributed by atoms with Gasteiger partial charge in [-0.15, -0.1) is 0 Å². The fourth-order valence-corrected chi connectivity index (χ4v) is 2.19. The zero-order valence-corrected chi connectivity index (χ0v) is 12.2. The third-order valence-corrected chi connectivity index (χ3v) is 3.17. The Morgan fingerprint density at radius 1 is 1.38 bits per heavy atom. The van der Waals surface area contributed by atoms with Gasteiger partial charge in [-0.25, -0.2) is 9.18 Å². The van der Waals surface area contributed by atoms with Crippen LogP contribution >= 0.6 is 0 Å². The lowest BCUT2D eigenvalue weighted by Crippen LogP contribution is -2.60. The standard InChI is InChI=1S/C14H17FN4O2/c1-13(2,3)21-12(20)19-8-14(9-19,17-18-16)10-4-6-11(15)7-5-10/h4-7H,8-9H2,1-3H3. The zero-order chi connectivity index (χ0) is 15.7. The first-order chi connectivity index (χ1) is 9.76. The average Bonchev–Trinajstić information content (AvgIpc) is 2.32. The van der Waals surface area contributed by atoms with Gasteiger partial charge in [0.1, 0.15) is 17.0 Å². The second-order valence-electron chi connectivity index (χ2n) is 6.06. The van der Waals surface area contributed by atoms with Gasteiger partial charge in [-0.05, 0) is 44.0 Å². The lowest BCUT2D eigenvalue weighted by Gasteiger charge is -2.47. The molecule has 7 heteroatoms. The van der Waals surface area contributed by atoms with Crippen molar-refractivity contribution < 1.29 is 13.9 Å². The van der Waals surface area contributed by atoms with Crippen molar-refractivity contribution in [1.29, 1.82) is 0 Å². The molecule has 0 spiro atoms. The van der Waals surface area contributed by atoms with Gasteiger partial charge in [0.2, 0.25) is 0 Å². The number of hydrogen-bond donors (Lipinski definition) is 0. The van der Waals surface area contributed by atoms with E-state index in [2.05, 4.69) is 10.0 Å². The van der Waals surface area contributed by atoms with Gasteiger partial charge in [-0.2, -0.15) is 0 Å². The van der Waals surface area contributed by atoms with E-state index in [4.69, 9.17) is 10.3 Å². The molecule has 0 bridgehead atoms. The molecule has 6 nitrogen and oxygen atoms in total. The van der Waals surface area contributed by atoms with Gasteiger partial charge in [0, 0.05) is 18.0 Å². The molecule has 21 heavy (non-hydrogen) atoms. The second-order valence-corrected chi connectivity index (χ2v) is 6.06. The Morgan fingerprint density at radius 2 is 1.95 bits per heavy atom. The van der Waals surface area contributed by atoms with Crippen LogP contribution in [0.15, 0.2) is 29.4 Å². The number of hydrogen-bond acceptors (Lipinski definition) is 3. The molecule has 1 saturated heterocycles. The summed E-state index contributed by atoms with van der Waals surface area (Å²) in [5, 5.41) is 3.80. The second kappa shape index (κ2) is 5.26. The summed E-state index contributed by atoms with van der Waals surface area (Å²) in [7, 11) is 0. The Kier molecular flexibility index (Phi) is 3.78. The van der Waals surface area contributed by atoms with Crippen LogP contribution in [0.5, 0.6) is 0 Å². The molecule has 1 aromatic carbocycles. The van der Waals surface area contributed by atoms with Crippen LogP contribution < -0.4 is 0 Å². The third-order valence-electron chi connectivity index (χ3n) is 3.17. The molecule has 2 rings (SSSR count). The number of carbonyl (C=O) groups excluding carboxylic acids is 1. The van der Waals surface area contributed by atoms with Gasteiger partial charge in [0.05, 0.1) is 0 Å². The van der Waals surface area contributed by atoms with E-state index in [-0.39, 0.29) is 18.9 Å². The number of halogens is 1. The molecule has 1 fully saturated rings. The largest absolute Gasteiger partial charge is 0.444 e. The highest BCUT2D eigenvalue weighted by Crippen LogP contribution is 2.37. The number of benzene rings is 1. The van der Waals surface area contributed by atoms with Crippen molar-refractivity contribution in [1.82, 2.24) is 4.90 Å². The summed E-state index contributed by atoms with van der Waals surface area (Å²) in [5.41, 5.74) is 8.00. The maximum absolute atomic E-state index is 13.0. The number of azide groups is 1. The molecule has 0 radical (unpaired) electrons. The fraction of sp³-hybridized carbons (Fsp3) is 0.500. The smallest absolute Gasteiger partial charge is 0.410 e. The lowest BCUT2D eigenvalue weighted by molar-refractivity contribution is -0.00874. The van der Waals surface area contributed by atoms with Gasteiger partial charge >= 0.3 is 6.09 Å². The highest BCUT2D eigenvalue weighted by molar-refractivity contribution is 5.70. The lowest BCUT2D eigenvalue weighted by atomic mass is 9.83. The number of carbonyl (C=O) groups is 1. The number of ether oxygens (including phenoxy) is 1. The molecule has 0 aromatic heterocycles. The normalized spacial score (nSPS) is 16.7. The number of likely N-dealkylation sites (tertiary alicyclic amines) is 1. The Labute approximate surface area is 122 Å². The van der Waals surface area contributed by atoms with Crippen LogP contribution in [0.2, 0.25) is 0 Å². The minimum Gasteiger partial charge on any atom is -0.444 e. The van der Waals surface area contributed by atoms with Gasteiger partial charge in [0.25, 0.3) is 0 Å². The maximum Gasteiger partial charge on any atom is 0.410 e. The number of amides is 1. The highest BCUT2D eigenvalue weighted by atomic mass is 19.1. The van der Waals surface area contributed by atoms with Crippen LogP contribution in [-0.4, -0.2) is 29.7 Å². The summed E-state index contributed by atoms with van der Waals surface area (Å²) in [6.07, 6.45) is -0.451. The Morgan fingerprint density at radius 3 is 2.43 bits per heavy atom. The van der Waals surface area contributed by atoms with E-state index in [1.165, 1.54) is 17.0 Å². The molecule has 0 aliphatic carbocycles. The SMILES string of the molecule is CC(C)(C)OC(=O)N1CC(N=[N+]=[N-])(c2ccc(F)cc2)C1. The van der Waals surface area contributed by atoms with Crippen molar-refractivity contribution in [2.75, 3.05) is 13.1 Å². The first-order valence-electron chi connectivity index (χ1n) is 6.56. The Balaban J connectivity index is 2.13. The van der Waals surface area contributed by atoms with Crippen LogP contribution in [-0.2, 0) is 10.3 Å². The molecule has 1 aliphatic heterocycles. The van der Waals surface area contributed by atoms with Crippen LogP contribution in [0.4, 0.5) is 9.18 Å². The summed E-state index contributed by atoms with van der Waals surface area (Å²) >= 11 is 0. The predicted molar refractivity (Wildman–Crippen MR) is 75.0 cm³/mol. The van der Waals surface area contributed by atoms with Gasteiger partial charge < -0.3 is 9.64 Å². The molecule has 0 atom stereocenters. The minimum absolute atomic E-state index is 0.220. The van der Waals surface area contributed by atoms with Gasteiger partial charge in [-0.1, -0.05) is 17.2 Å². The predicted octanol–water partition coefficient (Wildman–Crippen LogP) is 3.58. The van der Waals surface area contributed by atoms with E-state index in [9.17, 15) is 9.18 Å². The van der Waals surface area contributed by atoms with Gasteiger partial charge in [0.15, 0.2) is 0 Å². The Hall–Kier alpha value is -2.27. The van der Waals surface area contributed by atoms with Crippen molar-refractivity contribution in [3.63, 3.8) is 0 Å². The third kappa shape index (κ3) is 3.25. The molecule has 1 heterocycles. The Bertz CT molecular complexity index is 582. The number of nitrogens with zero attached hydrogens (tertiary/aromatic N) is 4. The molecule has 1 aliphatic rings. The van der Waals surface area contributed by atoms with Crippen molar-refractivity contribution >= 4 is 6.09 Å². The van der Waals surface area contributed by atoms with Crippen molar-refractivity contribution in [3.05, 3.63) is 46.1 Å². The van der Waals surface area contributed by atoms with Crippen molar-refractivity contribution in [2.24, 2.45) is 5.11 Å². The minimum atomic E-state index is -0.848. The van der Waals surface area contributed by atoms with E-state index in [1.54, 1.807) is 32.9 Å². The molecule has 0 N–H and O–H groups in total. The van der Waals surface area contributed by atoms with E-state index in [0.717, 1.165) is 0 Å². The summed E-state index contributed by atoms with van der Waals surface area (Å²) in [6.45, 7) is 5.79. The molecule has 0 saturated carbocycles. The molecular formula is C14H17FN4O2. The molecular weight excluding hydrogens is 275 g/mol. The van der Waals surface area contributed by atoms with E-state index in [1.807, 2.05) is 0 Å². The van der Waals surface area contributed by atoms with E-state index >= 15 is 0 Å². The van der Waals surface area contributed by atoms with E-state index in [0.29, 0.717) is 5.56 Å². The van der Waals surface area contributed by atoms with Gasteiger partial charge in [-0.3, -0.25) is 0 Å². The average molecular weight is 292 g/mol.